The normalized spacial score (nSPS) is 10.5. The molecule has 0 fully saturated rings. The Labute approximate surface area is 125 Å². The standard InChI is InChI=1S/C15H12N4O3/c1-3-8-19-15(21)18-10-9-17(14(20)13(18)16-19)11-4-6-12(22-2)7-5-11/h1,4-7,9-10H,8H2,2H3. The molecule has 0 radical (unpaired) electrons. The summed E-state index contributed by atoms with van der Waals surface area (Å²) in [4.78, 5) is 24.5. The summed E-state index contributed by atoms with van der Waals surface area (Å²) in [6, 6.07) is 6.98. The second-order valence-corrected chi connectivity index (χ2v) is 4.51. The third-order valence-electron chi connectivity index (χ3n) is 3.24. The van der Waals surface area contributed by atoms with Crippen LogP contribution in [0.1, 0.15) is 0 Å². The summed E-state index contributed by atoms with van der Waals surface area (Å²) < 4.78 is 8.75. The fourth-order valence-electron chi connectivity index (χ4n) is 2.14. The number of aromatic nitrogens is 4. The zero-order valence-corrected chi connectivity index (χ0v) is 11.8. The molecule has 1 aromatic carbocycles. The van der Waals surface area contributed by atoms with Crippen molar-refractivity contribution >= 4 is 5.65 Å². The van der Waals surface area contributed by atoms with Crippen LogP contribution < -0.4 is 16.0 Å². The van der Waals surface area contributed by atoms with Gasteiger partial charge in [0.25, 0.3) is 0 Å². The minimum absolute atomic E-state index is 0.0164. The molecule has 3 rings (SSSR count). The highest BCUT2D eigenvalue weighted by atomic mass is 16.5. The van der Waals surface area contributed by atoms with Crippen molar-refractivity contribution < 1.29 is 4.74 Å². The zero-order valence-electron chi connectivity index (χ0n) is 11.8. The fourth-order valence-corrected chi connectivity index (χ4v) is 2.14. The number of nitrogens with zero attached hydrogens (tertiary/aromatic N) is 4. The van der Waals surface area contributed by atoms with E-state index in [-0.39, 0.29) is 12.2 Å². The van der Waals surface area contributed by atoms with Crippen LogP contribution in [0.5, 0.6) is 5.75 Å². The van der Waals surface area contributed by atoms with Crippen LogP contribution in [0.3, 0.4) is 0 Å². The first-order valence-corrected chi connectivity index (χ1v) is 6.44. The van der Waals surface area contributed by atoms with Crippen LogP contribution in [0, 0.1) is 12.3 Å². The number of ether oxygens (including phenoxy) is 1. The van der Waals surface area contributed by atoms with Crippen molar-refractivity contribution in [1.82, 2.24) is 18.7 Å². The van der Waals surface area contributed by atoms with E-state index in [0.717, 1.165) is 4.68 Å². The SMILES string of the molecule is C#CCn1nc2c(=O)n(-c3ccc(OC)cc3)ccn2c1=O. The van der Waals surface area contributed by atoms with Gasteiger partial charge in [-0.25, -0.2) is 13.9 Å². The third kappa shape index (κ3) is 2.07. The molecular weight excluding hydrogens is 284 g/mol. The first-order chi connectivity index (χ1) is 10.7. The van der Waals surface area contributed by atoms with Gasteiger partial charge in [0.05, 0.1) is 7.11 Å². The lowest BCUT2D eigenvalue weighted by Gasteiger charge is -2.06. The molecule has 0 aliphatic rings. The Kier molecular flexibility index (Phi) is 3.27. The molecule has 0 saturated heterocycles. The number of benzene rings is 1. The van der Waals surface area contributed by atoms with Crippen molar-refractivity contribution in [1.29, 1.82) is 0 Å². The van der Waals surface area contributed by atoms with Crippen LogP contribution in [0.4, 0.5) is 0 Å². The molecule has 0 saturated carbocycles. The predicted molar refractivity (Wildman–Crippen MR) is 80.4 cm³/mol. The van der Waals surface area contributed by atoms with Gasteiger partial charge in [0.1, 0.15) is 12.3 Å². The maximum atomic E-state index is 12.5. The lowest BCUT2D eigenvalue weighted by atomic mass is 10.3. The topological polar surface area (TPSA) is 70.5 Å². The van der Waals surface area contributed by atoms with E-state index < -0.39 is 11.2 Å². The maximum absolute atomic E-state index is 12.5. The lowest BCUT2D eigenvalue weighted by Crippen LogP contribution is -2.24. The number of hydrogen-bond acceptors (Lipinski definition) is 4. The summed E-state index contributed by atoms with van der Waals surface area (Å²) in [6.07, 6.45) is 8.19. The number of rotatable bonds is 3. The van der Waals surface area contributed by atoms with E-state index in [0.29, 0.717) is 11.4 Å². The Hall–Kier alpha value is -3.27. The van der Waals surface area contributed by atoms with Crippen LogP contribution in [-0.4, -0.2) is 25.9 Å². The first kappa shape index (κ1) is 13.7. The van der Waals surface area contributed by atoms with E-state index in [1.807, 2.05) is 0 Å². The van der Waals surface area contributed by atoms with Gasteiger partial charge < -0.3 is 4.74 Å². The van der Waals surface area contributed by atoms with Crippen LogP contribution in [0.15, 0.2) is 46.2 Å². The average molecular weight is 296 g/mol. The van der Waals surface area contributed by atoms with Crippen molar-refractivity contribution in [2.45, 2.75) is 6.54 Å². The van der Waals surface area contributed by atoms with Gasteiger partial charge in [-0.05, 0) is 24.3 Å². The second-order valence-electron chi connectivity index (χ2n) is 4.51. The molecule has 0 bridgehead atoms. The van der Waals surface area contributed by atoms with E-state index >= 15 is 0 Å². The highest BCUT2D eigenvalue weighted by Crippen LogP contribution is 2.13. The minimum Gasteiger partial charge on any atom is -0.497 e. The van der Waals surface area contributed by atoms with Gasteiger partial charge in [0, 0.05) is 18.1 Å². The summed E-state index contributed by atoms with van der Waals surface area (Å²) in [5.41, 5.74) is -0.168. The quantitative estimate of drug-likeness (QED) is 0.651. The highest BCUT2D eigenvalue weighted by Gasteiger charge is 2.12. The third-order valence-corrected chi connectivity index (χ3v) is 3.24. The molecule has 0 amide bonds. The molecule has 22 heavy (non-hydrogen) atoms. The average Bonchev–Trinajstić information content (AvgIpc) is 2.86. The predicted octanol–water partition coefficient (Wildman–Crippen LogP) is 0.289. The van der Waals surface area contributed by atoms with Gasteiger partial charge in [-0.3, -0.25) is 9.36 Å². The smallest absolute Gasteiger partial charge is 0.351 e. The fraction of sp³-hybridized carbons (Fsp3) is 0.133. The van der Waals surface area contributed by atoms with E-state index in [4.69, 9.17) is 11.2 Å². The first-order valence-electron chi connectivity index (χ1n) is 6.44. The van der Waals surface area contributed by atoms with Crippen molar-refractivity contribution in [2.75, 3.05) is 7.11 Å². The van der Waals surface area contributed by atoms with E-state index in [1.54, 1.807) is 31.4 Å². The van der Waals surface area contributed by atoms with Crippen LogP contribution >= 0.6 is 0 Å². The largest absolute Gasteiger partial charge is 0.497 e. The number of fused-ring (bicyclic) bond motifs is 1. The molecule has 2 aromatic heterocycles. The second kappa shape index (κ2) is 5.26. The molecule has 0 atom stereocenters. The van der Waals surface area contributed by atoms with Gasteiger partial charge in [0.2, 0.25) is 5.65 Å². The molecule has 0 unspecified atom stereocenters. The van der Waals surface area contributed by atoms with Crippen molar-refractivity contribution in [3.05, 3.63) is 57.5 Å². The summed E-state index contributed by atoms with van der Waals surface area (Å²) in [5.74, 6) is 3.02. The van der Waals surface area contributed by atoms with Gasteiger partial charge >= 0.3 is 11.2 Å². The van der Waals surface area contributed by atoms with Crippen molar-refractivity contribution in [3.63, 3.8) is 0 Å². The van der Waals surface area contributed by atoms with E-state index in [2.05, 4.69) is 11.0 Å². The molecule has 0 aliphatic heterocycles. The van der Waals surface area contributed by atoms with E-state index in [1.165, 1.54) is 21.4 Å². The summed E-state index contributed by atoms with van der Waals surface area (Å²) in [6.45, 7) is 0.0164. The highest BCUT2D eigenvalue weighted by molar-refractivity contribution is 5.42. The number of terminal acetylenes is 1. The summed E-state index contributed by atoms with van der Waals surface area (Å²) >= 11 is 0. The summed E-state index contributed by atoms with van der Waals surface area (Å²) in [5, 5.41) is 3.99. The molecular formula is C15H12N4O3. The zero-order chi connectivity index (χ0) is 15.7. The van der Waals surface area contributed by atoms with Crippen LogP contribution in [0.2, 0.25) is 0 Å². The van der Waals surface area contributed by atoms with Crippen LogP contribution in [-0.2, 0) is 6.54 Å². The van der Waals surface area contributed by atoms with Gasteiger partial charge in [-0.1, -0.05) is 5.92 Å². The molecule has 0 N–H and O–H groups in total. The Balaban J connectivity index is 2.20. The molecule has 0 spiro atoms. The number of methoxy groups -OCH3 is 1. The Morgan fingerprint density at radius 2 is 1.95 bits per heavy atom. The Morgan fingerprint density at radius 1 is 1.23 bits per heavy atom. The summed E-state index contributed by atoms with van der Waals surface area (Å²) in [7, 11) is 1.57. The molecule has 110 valence electrons. The monoisotopic (exact) mass is 296 g/mol. The molecule has 3 aromatic rings. The maximum Gasteiger partial charge on any atom is 0.351 e. The van der Waals surface area contributed by atoms with E-state index in [9.17, 15) is 9.59 Å². The minimum atomic E-state index is -0.438. The molecule has 0 aliphatic carbocycles. The lowest BCUT2D eigenvalue weighted by molar-refractivity contribution is 0.414. The molecule has 7 nitrogen and oxygen atoms in total. The molecule has 7 heteroatoms. The van der Waals surface area contributed by atoms with Gasteiger partial charge in [-0.15, -0.1) is 11.5 Å². The van der Waals surface area contributed by atoms with Crippen molar-refractivity contribution in [2.24, 2.45) is 0 Å². The van der Waals surface area contributed by atoms with Crippen LogP contribution in [0.25, 0.3) is 11.3 Å². The Morgan fingerprint density at radius 3 is 2.59 bits per heavy atom. The molecule has 2 heterocycles. The number of hydrogen-bond donors (Lipinski definition) is 0. The Bertz CT molecular complexity index is 987. The van der Waals surface area contributed by atoms with Crippen molar-refractivity contribution in [3.8, 4) is 23.8 Å². The van der Waals surface area contributed by atoms with Gasteiger partial charge in [0.15, 0.2) is 0 Å². The van der Waals surface area contributed by atoms with Gasteiger partial charge in [-0.2, -0.15) is 0 Å².